The van der Waals surface area contributed by atoms with Crippen molar-refractivity contribution >= 4 is 26.0 Å². The summed E-state index contributed by atoms with van der Waals surface area (Å²) in [6.45, 7) is 3.26. The molecule has 1 atom stereocenters. The van der Waals surface area contributed by atoms with Crippen molar-refractivity contribution < 1.29 is 8.42 Å². The molecule has 0 N–H and O–H groups in total. The van der Waals surface area contributed by atoms with E-state index in [0.29, 0.717) is 24.8 Å². The van der Waals surface area contributed by atoms with E-state index in [9.17, 15) is 8.42 Å². The van der Waals surface area contributed by atoms with Gasteiger partial charge in [-0.1, -0.05) is 22.9 Å². The number of hydrogen-bond acceptors (Lipinski definition) is 2. The van der Waals surface area contributed by atoms with Gasteiger partial charge in [0, 0.05) is 18.4 Å². The van der Waals surface area contributed by atoms with Crippen LogP contribution < -0.4 is 0 Å². The highest BCUT2D eigenvalue weighted by Crippen LogP contribution is 2.18. The standard InChI is InChI=1S/C6H12BrNO2S/c1-6-4-8(3-2-7)11(9,10)5-6/h6H,2-5H2,1H3. The Kier molecular flexibility index (Phi) is 2.94. The van der Waals surface area contributed by atoms with Crippen LogP contribution in [0.5, 0.6) is 0 Å². The van der Waals surface area contributed by atoms with Gasteiger partial charge in [-0.05, 0) is 5.92 Å². The van der Waals surface area contributed by atoms with Crippen LogP contribution in [0.15, 0.2) is 0 Å². The van der Waals surface area contributed by atoms with Crippen molar-refractivity contribution in [3.63, 3.8) is 0 Å². The average molecular weight is 242 g/mol. The molecule has 1 unspecified atom stereocenters. The number of hydrogen-bond donors (Lipinski definition) is 0. The second kappa shape index (κ2) is 3.41. The van der Waals surface area contributed by atoms with Gasteiger partial charge in [-0.2, -0.15) is 0 Å². The van der Waals surface area contributed by atoms with Crippen LogP contribution in [0, 0.1) is 5.92 Å². The van der Waals surface area contributed by atoms with E-state index >= 15 is 0 Å². The van der Waals surface area contributed by atoms with E-state index in [-0.39, 0.29) is 0 Å². The first-order chi connectivity index (χ1) is 5.06. The van der Waals surface area contributed by atoms with E-state index in [2.05, 4.69) is 15.9 Å². The maximum Gasteiger partial charge on any atom is 0.214 e. The van der Waals surface area contributed by atoms with E-state index in [4.69, 9.17) is 0 Å². The highest BCUT2D eigenvalue weighted by molar-refractivity contribution is 9.09. The number of alkyl halides is 1. The predicted molar refractivity (Wildman–Crippen MR) is 48.3 cm³/mol. The quantitative estimate of drug-likeness (QED) is 0.667. The van der Waals surface area contributed by atoms with Gasteiger partial charge >= 0.3 is 0 Å². The normalized spacial score (nSPS) is 30.9. The summed E-state index contributed by atoms with van der Waals surface area (Å²) in [4.78, 5) is 0. The molecule has 5 heteroatoms. The molecule has 1 aliphatic heterocycles. The predicted octanol–water partition coefficient (Wildman–Crippen LogP) is 0.663. The topological polar surface area (TPSA) is 37.4 Å². The molecule has 0 amide bonds. The fourth-order valence-corrected chi connectivity index (χ4v) is 3.85. The summed E-state index contributed by atoms with van der Waals surface area (Å²) in [7, 11) is -2.90. The molecule has 0 bridgehead atoms. The van der Waals surface area contributed by atoms with Gasteiger partial charge in [0.2, 0.25) is 10.0 Å². The molecule has 1 saturated heterocycles. The molecular formula is C6H12BrNO2S. The van der Waals surface area contributed by atoms with Crippen molar-refractivity contribution in [1.29, 1.82) is 0 Å². The second-order valence-electron chi connectivity index (χ2n) is 2.93. The van der Waals surface area contributed by atoms with Gasteiger partial charge in [0.25, 0.3) is 0 Å². The lowest BCUT2D eigenvalue weighted by atomic mass is 10.2. The average Bonchev–Trinajstić information content (AvgIpc) is 2.07. The van der Waals surface area contributed by atoms with Crippen LogP contribution >= 0.6 is 15.9 Å². The van der Waals surface area contributed by atoms with E-state index in [1.165, 1.54) is 0 Å². The summed E-state index contributed by atoms with van der Waals surface area (Å²) < 4.78 is 24.1. The van der Waals surface area contributed by atoms with Crippen molar-refractivity contribution in [2.75, 3.05) is 24.2 Å². The largest absolute Gasteiger partial charge is 0.214 e. The first-order valence-corrected chi connectivity index (χ1v) is 6.33. The fraction of sp³-hybridized carbons (Fsp3) is 1.00. The minimum Gasteiger partial charge on any atom is -0.212 e. The Bertz CT molecular complexity index is 227. The molecule has 0 aromatic rings. The van der Waals surface area contributed by atoms with Crippen molar-refractivity contribution in [1.82, 2.24) is 4.31 Å². The van der Waals surface area contributed by atoms with E-state index in [0.717, 1.165) is 5.33 Å². The Hall–Kier alpha value is 0.390. The van der Waals surface area contributed by atoms with Crippen molar-refractivity contribution in [3.8, 4) is 0 Å². The third-order valence-corrected chi connectivity index (χ3v) is 4.20. The van der Waals surface area contributed by atoms with Gasteiger partial charge in [-0.15, -0.1) is 0 Å². The zero-order valence-corrected chi connectivity index (χ0v) is 8.86. The van der Waals surface area contributed by atoms with Crippen molar-refractivity contribution in [2.45, 2.75) is 6.92 Å². The lowest BCUT2D eigenvalue weighted by Crippen LogP contribution is -2.27. The summed E-state index contributed by atoms with van der Waals surface area (Å²) in [6.07, 6.45) is 0. The third kappa shape index (κ3) is 2.16. The van der Waals surface area contributed by atoms with Crippen molar-refractivity contribution in [2.24, 2.45) is 5.92 Å². The van der Waals surface area contributed by atoms with Crippen LogP contribution in [-0.2, 0) is 10.0 Å². The zero-order valence-electron chi connectivity index (χ0n) is 6.46. The molecule has 1 heterocycles. The van der Waals surface area contributed by atoms with E-state index < -0.39 is 10.0 Å². The van der Waals surface area contributed by atoms with Gasteiger partial charge in [0.15, 0.2) is 0 Å². The molecule has 0 aromatic carbocycles. The molecule has 3 nitrogen and oxygen atoms in total. The molecule has 0 radical (unpaired) electrons. The monoisotopic (exact) mass is 241 g/mol. The van der Waals surface area contributed by atoms with Crippen LogP contribution in [0.25, 0.3) is 0 Å². The Morgan fingerprint density at radius 2 is 2.27 bits per heavy atom. The highest BCUT2D eigenvalue weighted by Gasteiger charge is 2.32. The molecule has 1 fully saturated rings. The van der Waals surface area contributed by atoms with Crippen LogP contribution in [-0.4, -0.2) is 36.9 Å². The van der Waals surface area contributed by atoms with Gasteiger partial charge in [-0.25, -0.2) is 12.7 Å². The number of rotatable bonds is 2. The van der Waals surface area contributed by atoms with Crippen LogP contribution in [0.2, 0.25) is 0 Å². The van der Waals surface area contributed by atoms with Gasteiger partial charge in [-0.3, -0.25) is 0 Å². The van der Waals surface area contributed by atoms with Gasteiger partial charge in [0.05, 0.1) is 5.75 Å². The van der Waals surface area contributed by atoms with Crippen molar-refractivity contribution in [3.05, 3.63) is 0 Å². The van der Waals surface area contributed by atoms with Gasteiger partial charge < -0.3 is 0 Å². The molecule has 1 rings (SSSR count). The van der Waals surface area contributed by atoms with Crippen LogP contribution in [0.1, 0.15) is 6.92 Å². The Labute approximate surface area is 75.9 Å². The Balaban J connectivity index is 2.67. The van der Waals surface area contributed by atoms with E-state index in [1.54, 1.807) is 4.31 Å². The summed E-state index contributed by atoms with van der Waals surface area (Å²) in [5, 5.41) is 0.721. The smallest absolute Gasteiger partial charge is 0.212 e. The Morgan fingerprint density at radius 1 is 1.64 bits per heavy atom. The Morgan fingerprint density at radius 3 is 2.64 bits per heavy atom. The lowest BCUT2D eigenvalue weighted by Gasteiger charge is -2.11. The third-order valence-electron chi connectivity index (χ3n) is 1.74. The number of nitrogens with zero attached hydrogens (tertiary/aromatic N) is 1. The first kappa shape index (κ1) is 9.48. The molecule has 0 saturated carbocycles. The maximum atomic E-state index is 11.3. The summed E-state index contributed by atoms with van der Waals surface area (Å²) in [5.41, 5.74) is 0. The SMILES string of the molecule is CC1CN(CCBr)S(=O)(=O)C1. The second-order valence-corrected chi connectivity index (χ2v) is 5.74. The summed E-state index contributed by atoms with van der Waals surface area (Å²) in [5.74, 6) is 0.610. The lowest BCUT2D eigenvalue weighted by molar-refractivity contribution is 0.434. The van der Waals surface area contributed by atoms with E-state index in [1.807, 2.05) is 6.92 Å². The molecule has 0 aromatic heterocycles. The first-order valence-electron chi connectivity index (χ1n) is 3.60. The van der Waals surface area contributed by atoms with Crippen LogP contribution in [0.3, 0.4) is 0 Å². The van der Waals surface area contributed by atoms with Crippen LogP contribution in [0.4, 0.5) is 0 Å². The number of halogens is 1. The van der Waals surface area contributed by atoms with Gasteiger partial charge in [0.1, 0.15) is 0 Å². The highest BCUT2D eigenvalue weighted by atomic mass is 79.9. The summed E-state index contributed by atoms with van der Waals surface area (Å²) >= 11 is 3.22. The molecular weight excluding hydrogens is 230 g/mol. The molecule has 11 heavy (non-hydrogen) atoms. The number of sulfonamides is 1. The maximum absolute atomic E-state index is 11.3. The molecule has 0 aliphatic carbocycles. The minimum atomic E-state index is -2.90. The molecule has 0 spiro atoms. The minimum absolute atomic E-state index is 0.291. The molecule has 1 aliphatic rings. The fourth-order valence-electron chi connectivity index (χ4n) is 1.30. The summed E-state index contributed by atoms with van der Waals surface area (Å²) in [6, 6.07) is 0. The zero-order chi connectivity index (χ0) is 8.48. The molecule has 66 valence electrons.